The van der Waals surface area contributed by atoms with Gasteiger partial charge in [0.15, 0.2) is 11.6 Å². The molecule has 2 aromatic heterocycles. The highest BCUT2D eigenvalue weighted by atomic mass is 19.3. The molecule has 0 bridgehead atoms. The van der Waals surface area contributed by atoms with Crippen LogP contribution in [0, 0.1) is 5.82 Å². The largest absolute Gasteiger partial charge is 0.435 e. The zero-order valence-electron chi connectivity index (χ0n) is 17.9. The number of rotatable bonds is 6. The predicted octanol–water partition coefficient (Wildman–Crippen LogP) is 3.93. The van der Waals surface area contributed by atoms with Crippen molar-refractivity contribution < 1.29 is 22.6 Å². The molecule has 4 rings (SSSR count). The maximum Gasteiger partial charge on any atom is 0.387 e. The van der Waals surface area contributed by atoms with E-state index in [1.165, 1.54) is 24.4 Å². The lowest BCUT2D eigenvalue weighted by Gasteiger charge is -2.35. The molecule has 0 unspecified atom stereocenters. The maximum atomic E-state index is 14.5. The van der Waals surface area contributed by atoms with Gasteiger partial charge < -0.3 is 24.7 Å². The second-order valence-corrected chi connectivity index (χ2v) is 7.69. The molecule has 1 saturated heterocycles. The third kappa shape index (κ3) is 5.43. The predicted molar refractivity (Wildman–Crippen MR) is 117 cm³/mol. The number of nitrogens with one attached hydrogen (secondary N) is 2. The smallest absolute Gasteiger partial charge is 0.387 e. The molecule has 0 amide bonds. The van der Waals surface area contributed by atoms with E-state index in [0.717, 1.165) is 6.20 Å². The minimum atomic E-state index is -2.92. The van der Waals surface area contributed by atoms with Crippen molar-refractivity contribution >= 4 is 17.5 Å². The summed E-state index contributed by atoms with van der Waals surface area (Å²) in [6.45, 7) is 2.05. The van der Waals surface area contributed by atoms with Crippen LogP contribution >= 0.6 is 0 Å². The molecule has 2 N–H and O–H groups in total. The van der Waals surface area contributed by atoms with Crippen LogP contribution in [-0.2, 0) is 4.74 Å². The molecular formula is C22H22F3N5O3. The Morgan fingerprint density at radius 3 is 2.55 bits per heavy atom. The number of morpholine rings is 1. The van der Waals surface area contributed by atoms with Crippen LogP contribution in [0.2, 0.25) is 0 Å². The summed E-state index contributed by atoms with van der Waals surface area (Å²) in [6, 6.07) is 7.43. The van der Waals surface area contributed by atoms with Crippen LogP contribution in [0.3, 0.4) is 0 Å². The SMILES string of the molecule is C[C@@H]1CN(c2ncc(F)c(Nc3cc(-c4ccc(OC(F)F)cc4)c[nH]c3=O)n2)C[C@H](C)O1. The van der Waals surface area contributed by atoms with Crippen LogP contribution < -0.4 is 20.5 Å². The Kier molecular flexibility index (Phi) is 6.50. The normalized spacial score (nSPS) is 18.4. The van der Waals surface area contributed by atoms with E-state index in [0.29, 0.717) is 30.2 Å². The number of aromatic nitrogens is 3. The molecule has 1 aliphatic heterocycles. The minimum absolute atomic E-state index is 0.0128. The van der Waals surface area contributed by atoms with Crippen LogP contribution in [0.15, 0.2) is 47.5 Å². The highest BCUT2D eigenvalue weighted by molar-refractivity contribution is 5.69. The highest BCUT2D eigenvalue weighted by Gasteiger charge is 2.25. The molecule has 11 heteroatoms. The molecule has 1 aliphatic rings. The Hall–Kier alpha value is -3.60. The van der Waals surface area contributed by atoms with E-state index in [1.54, 1.807) is 12.1 Å². The van der Waals surface area contributed by atoms with Gasteiger partial charge in [0.05, 0.1) is 18.4 Å². The summed E-state index contributed by atoms with van der Waals surface area (Å²) in [6.07, 6.45) is 2.45. The van der Waals surface area contributed by atoms with Crippen LogP contribution in [0.5, 0.6) is 5.75 Å². The number of benzene rings is 1. The molecule has 33 heavy (non-hydrogen) atoms. The van der Waals surface area contributed by atoms with Gasteiger partial charge in [-0.3, -0.25) is 4.79 Å². The lowest BCUT2D eigenvalue weighted by Crippen LogP contribution is -2.46. The van der Waals surface area contributed by atoms with Gasteiger partial charge in [-0.15, -0.1) is 0 Å². The van der Waals surface area contributed by atoms with Crippen LogP contribution in [-0.4, -0.2) is 46.9 Å². The van der Waals surface area contributed by atoms with Gasteiger partial charge in [-0.05, 0) is 37.6 Å². The standard InChI is InChI=1S/C22H22F3N5O3/c1-12-10-30(11-13(2)32-12)22-27-9-17(23)19(29-22)28-18-7-15(8-26-20(18)31)14-3-5-16(6-4-14)33-21(24)25/h3-9,12-13,21H,10-11H2,1-2H3,(H,26,31)(H,27,28,29)/t12-,13+. The number of hydrogen-bond donors (Lipinski definition) is 2. The number of hydrogen-bond acceptors (Lipinski definition) is 7. The summed E-state index contributed by atoms with van der Waals surface area (Å²) in [5.41, 5.74) is 0.791. The monoisotopic (exact) mass is 461 g/mol. The second-order valence-electron chi connectivity index (χ2n) is 7.69. The zero-order chi connectivity index (χ0) is 23.5. The Balaban J connectivity index is 1.58. The summed E-state index contributed by atoms with van der Waals surface area (Å²) < 4.78 is 49.2. The summed E-state index contributed by atoms with van der Waals surface area (Å²) in [7, 11) is 0. The third-order valence-corrected chi connectivity index (χ3v) is 5.00. The number of nitrogens with zero attached hydrogens (tertiary/aromatic N) is 3. The van der Waals surface area contributed by atoms with E-state index in [9.17, 15) is 18.0 Å². The van der Waals surface area contributed by atoms with Crippen LogP contribution in [0.25, 0.3) is 11.1 Å². The van der Waals surface area contributed by atoms with Gasteiger partial charge in [-0.1, -0.05) is 12.1 Å². The number of ether oxygens (including phenoxy) is 2. The van der Waals surface area contributed by atoms with Gasteiger partial charge in [-0.2, -0.15) is 13.8 Å². The maximum absolute atomic E-state index is 14.5. The summed E-state index contributed by atoms with van der Waals surface area (Å²) in [5.74, 6) is -0.525. The first-order valence-corrected chi connectivity index (χ1v) is 10.3. The van der Waals surface area contributed by atoms with Crippen molar-refractivity contribution in [2.45, 2.75) is 32.7 Å². The van der Waals surface area contributed by atoms with Crippen molar-refractivity contribution in [2.24, 2.45) is 0 Å². The van der Waals surface area contributed by atoms with Crippen molar-refractivity contribution in [3.63, 3.8) is 0 Å². The molecule has 0 aliphatic carbocycles. The van der Waals surface area contributed by atoms with Crippen LogP contribution in [0.1, 0.15) is 13.8 Å². The molecule has 8 nitrogen and oxygen atoms in total. The first kappa shape index (κ1) is 22.6. The molecule has 1 aromatic carbocycles. The summed E-state index contributed by atoms with van der Waals surface area (Å²) in [4.78, 5) is 25.2. The Morgan fingerprint density at radius 1 is 1.18 bits per heavy atom. The topological polar surface area (TPSA) is 92.4 Å². The van der Waals surface area contributed by atoms with Gasteiger partial charge in [0.1, 0.15) is 11.4 Å². The van der Waals surface area contributed by atoms with E-state index in [-0.39, 0.29) is 29.5 Å². The molecule has 174 valence electrons. The number of aromatic amines is 1. The molecular weight excluding hydrogens is 439 g/mol. The summed E-state index contributed by atoms with van der Waals surface area (Å²) >= 11 is 0. The number of H-pyrrole nitrogens is 1. The number of pyridine rings is 1. The zero-order valence-corrected chi connectivity index (χ0v) is 17.9. The lowest BCUT2D eigenvalue weighted by atomic mass is 10.1. The van der Waals surface area contributed by atoms with Crippen molar-refractivity contribution in [2.75, 3.05) is 23.3 Å². The highest BCUT2D eigenvalue weighted by Crippen LogP contribution is 2.26. The van der Waals surface area contributed by atoms with Gasteiger partial charge in [0.2, 0.25) is 5.95 Å². The van der Waals surface area contributed by atoms with Crippen molar-refractivity contribution in [3.05, 3.63) is 58.9 Å². The van der Waals surface area contributed by atoms with Crippen molar-refractivity contribution in [3.8, 4) is 16.9 Å². The average molecular weight is 461 g/mol. The minimum Gasteiger partial charge on any atom is -0.435 e. The fourth-order valence-corrected chi connectivity index (χ4v) is 3.64. The fourth-order valence-electron chi connectivity index (χ4n) is 3.64. The average Bonchev–Trinajstić information content (AvgIpc) is 2.76. The van der Waals surface area contributed by atoms with E-state index >= 15 is 0 Å². The fraction of sp³-hybridized carbons (Fsp3) is 0.318. The Labute approximate surface area is 187 Å². The first-order chi connectivity index (χ1) is 15.8. The second kappa shape index (κ2) is 9.49. The number of halogens is 3. The molecule has 2 atom stereocenters. The third-order valence-electron chi connectivity index (χ3n) is 5.00. The van der Waals surface area contributed by atoms with Gasteiger partial charge in [0, 0.05) is 24.8 Å². The lowest BCUT2D eigenvalue weighted by molar-refractivity contribution is -0.0498. The molecule has 0 saturated carbocycles. The molecule has 1 fully saturated rings. The summed E-state index contributed by atoms with van der Waals surface area (Å²) in [5, 5.41) is 2.74. The van der Waals surface area contributed by atoms with Crippen molar-refractivity contribution in [1.29, 1.82) is 0 Å². The van der Waals surface area contributed by atoms with Gasteiger partial charge >= 0.3 is 6.61 Å². The number of anilines is 3. The van der Waals surface area contributed by atoms with E-state index in [2.05, 4.69) is 25.0 Å². The van der Waals surface area contributed by atoms with E-state index in [1.807, 2.05) is 18.7 Å². The molecule has 3 aromatic rings. The number of alkyl halides is 2. The van der Waals surface area contributed by atoms with E-state index < -0.39 is 18.0 Å². The molecule has 3 heterocycles. The Bertz CT molecular complexity index is 1160. The van der Waals surface area contributed by atoms with Crippen LogP contribution in [0.4, 0.5) is 30.6 Å². The molecule has 0 spiro atoms. The molecule has 0 radical (unpaired) electrons. The van der Waals surface area contributed by atoms with Gasteiger partial charge in [-0.25, -0.2) is 9.37 Å². The first-order valence-electron chi connectivity index (χ1n) is 10.3. The Morgan fingerprint density at radius 2 is 1.88 bits per heavy atom. The van der Waals surface area contributed by atoms with Gasteiger partial charge in [0.25, 0.3) is 5.56 Å². The van der Waals surface area contributed by atoms with Crippen molar-refractivity contribution in [1.82, 2.24) is 15.0 Å². The quantitative estimate of drug-likeness (QED) is 0.575. The van der Waals surface area contributed by atoms with E-state index in [4.69, 9.17) is 4.74 Å².